The molecular weight excluding hydrogens is 484 g/mol. The van der Waals surface area contributed by atoms with Crippen LogP contribution in [0.5, 0.6) is 0 Å². The maximum atomic E-state index is 12.8. The van der Waals surface area contributed by atoms with Crippen LogP contribution in [-0.4, -0.2) is 51.9 Å². The highest BCUT2D eigenvalue weighted by Gasteiger charge is 2.17. The molecule has 0 saturated heterocycles. The third-order valence-corrected chi connectivity index (χ3v) is 8.15. The van der Waals surface area contributed by atoms with Gasteiger partial charge in [0.25, 0.3) is 0 Å². The maximum Gasteiger partial charge on any atom is 0.206 e. The Morgan fingerprint density at radius 2 is 1.51 bits per heavy atom. The van der Waals surface area contributed by atoms with Crippen molar-refractivity contribution in [2.24, 2.45) is 0 Å². The monoisotopic (exact) mass is 510 g/mol. The largest absolute Gasteiger partial charge is 0.340 e. The van der Waals surface area contributed by atoms with Crippen LogP contribution >= 0.6 is 0 Å². The van der Waals surface area contributed by atoms with E-state index in [1.54, 1.807) is 54.6 Å². The van der Waals surface area contributed by atoms with Crippen LogP contribution in [0.3, 0.4) is 0 Å². The summed E-state index contributed by atoms with van der Waals surface area (Å²) >= 11 is 0. The summed E-state index contributed by atoms with van der Waals surface area (Å²) in [7, 11) is -6.56. The summed E-state index contributed by atoms with van der Waals surface area (Å²) in [4.78, 5) is 9.17. The van der Waals surface area contributed by atoms with Gasteiger partial charge in [-0.3, -0.25) is 0 Å². The van der Waals surface area contributed by atoms with Crippen molar-refractivity contribution in [1.29, 1.82) is 0 Å². The van der Waals surface area contributed by atoms with E-state index in [1.807, 2.05) is 18.2 Å². The molecule has 0 radical (unpaired) electrons. The van der Waals surface area contributed by atoms with Gasteiger partial charge in [0.1, 0.15) is 22.0 Å². The Morgan fingerprint density at radius 1 is 0.800 bits per heavy atom. The lowest BCUT2D eigenvalue weighted by Gasteiger charge is -2.11. The summed E-state index contributed by atoms with van der Waals surface area (Å²) in [6.45, 7) is 1.06. The van der Waals surface area contributed by atoms with Crippen molar-refractivity contribution >= 4 is 42.1 Å². The van der Waals surface area contributed by atoms with Gasteiger partial charge in [-0.05, 0) is 67.1 Å². The second-order valence-corrected chi connectivity index (χ2v) is 12.4. The van der Waals surface area contributed by atoms with Gasteiger partial charge in [0.15, 0.2) is 0 Å². The van der Waals surface area contributed by atoms with Crippen molar-refractivity contribution in [3.05, 3.63) is 84.7 Å². The first kappa shape index (κ1) is 24.8. The van der Waals surface area contributed by atoms with Gasteiger partial charge < -0.3 is 10.6 Å². The van der Waals surface area contributed by atoms with Crippen molar-refractivity contribution in [1.82, 2.24) is 15.3 Å². The summed E-state index contributed by atoms with van der Waals surface area (Å²) in [5.74, 6) is 0.721. The molecule has 3 aromatic carbocycles. The average Bonchev–Trinajstić information content (AvgIpc) is 2.84. The van der Waals surface area contributed by atoms with Gasteiger partial charge in [0.05, 0.1) is 21.1 Å². The third kappa shape index (κ3) is 6.41. The molecule has 8 nitrogen and oxygen atoms in total. The number of aromatic nitrogens is 2. The molecule has 0 bridgehead atoms. The zero-order chi connectivity index (χ0) is 24.9. The van der Waals surface area contributed by atoms with Crippen LogP contribution in [0, 0.1) is 0 Å². The molecular formula is C25H26N4O4S2. The average molecular weight is 511 g/mol. The predicted molar refractivity (Wildman–Crippen MR) is 137 cm³/mol. The van der Waals surface area contributed by atoms with Crippen LogP contribution in [0.2, 0.25) is 0 Å². The summed E-state index contributed by atoms with van der Waals surface area (Å²) < 4.78 is 48.1. The Morgan fingerprint density at radius 3 is 2.23 bits per heavy atom. The number of hydrogen-bond donors (Lipinski definition) is 2. The van der Waals surface area contributed by atoms with Crippen LogP contribution in [0.4, 0.5) is 11.5 Å². The fourth-order valence-electron chi connectivity index (χ4n) is 3.56. The van der Waals surface area contributed by atoms with E-state index in [4.69, 9.17) is 0 Å². The molecule has 1 aromatic heterocycles. The van der Waals surface area contributed by atoms with Crippen LogP contribution in [-0.2, 0) is 26.1 Å². The molecule has 0 fully saturated rings. The lowest BCUT2D eigenvalue weighted by atomic mass is 10.1. The maximum absolute atomic E-state index is 12.8. The molecule has 0 amide bonds. The molecule has 1 heterocycles. The molecule has 0 spiro atoms. The Balaban J connectivity index is 1.48. The normalized spacial score (nSPS) is 12.0. The summed E-state index contributed by atoms with van der Waals surface area (Å²) in [5.41, 5.74) is 2.54. The van der Waals surface area contributed by atoms with Gasteiger partial charge in [-0.1, -0.05) is 24.3 Å². The minimum atomic E-state index is -3.58. The van der Waals surface area contributed by atoms with Crippen LogP contribution in [0.15, 0.2) is 88.9 Å². The second kappa shape index (κ2) is 10.5. The van der Waals surface area contributed by atoms with Gasteiger partial charge in [-0.15, -0.1) is 0 Å². The first-order valence-electron chi connectivity index (χ1n) is 11.0. The van der Waals surface area contributed by atoms with E-state index >= 15 is 0 Å². The lowest BCUT2D eigenvalue weighted by molar-refractivity contribution is 0.594. The topological polar surface area (TPSA) is 118 Å². The molecule has 10 heteroatoms. The molecule has 4 rings (SSSR count). The number of hydrogen-bond acceptors (Lipinski definition) is 8. The molecule has 0 aliphatic carbocycles. The first-order valence-corrected chi connectivity index (χ1v) is 14.6. The van der Waals surface area contributed by atoms with Crippen molar-refractivity contribution in [3.8, 4) is 0 Å². The zero-order valence-electron chi connectivity index (χ0n) is 19.2. The van der Waals surface area contributed by atoms with Crippen LogP contribution in [0.25, 0.3) is 10.9 Å². The molecule has 0 atom stereocenters. The molecule has 0 aliphatic rings. The number of benzene rings is 3. The Hall–Kier alpha value is -3.34. The number of rotatable bonds is 10. The minimum Gasteiger partial charge on any atom is -0.340 e. The Bertz CT molecular complexity index is 1520. The summed E-state index contributed by atoms with van der Waals surface area (Å²) in [6, 6.07) is 20.8. The van der Waals surface area contributed by atoms with E-state index < -0.39 is 19.7 Å². The Labute approximate surface area is 205 Å². The van der Waals surface area contributed by atoms with Gasteiger partial charge in [-0.2, -0.15) is 0 Å². The highest BCUT2D eigenvalue weighted by Crippen LogP contribution is 2.26. The second-order valence-electron chi connectivity index (χ2n) is 8.17. The molecule has 35 heavy (non-hydrogen) atoms. The molecule has 0 aliphatic heterocycles. The quantitative estimate of drug-likeness (QED) is 0.312. The zero-order valence-corrected chi connectivity index (χ0v) is 20.8. The van der Waals surface area contributed by atoms with Crippen molar-refractivity contribution < 1.29 is 16.8 Å². The van der Waals surface area contributed by atoms with E-state index in [1.165, 1.54) is 12.6 Å². The number of anilines is 2. The summed E-state index contributed by atoms with van der Waals surface area (Å²) in [6.07, 6.45) is 3.42. The SMILES string of the molecule is CS(=O)(=O)CCNCCc1ccc2ncnc(Nc3ccc(S(=O)(=O)c4ccccc4)cc3)c2c1. The highest BCUT2D eigenvalue weighted by atomic mass is 32.2. The number of sulfone groups is 2. The molecule has 0 saturated carbocycles. The summed E-state index contributed by atoms with van der Waals surface area (Å²) in [5, 5.41) is 7.24. The van der Waals surface area contributed by atoms with E-state index in [0.29, 0.717) is 24.6 Å². The standard InChI is InChI=1S/C25H26N4O4S2/c1-34(30,31)16-15-26-14-13-19-7-12-24-23(17-19)25(28-18-27-24)29-20-8-10-22(11-9-20)35(32,33)21-5-3-2-4-6-21/h2-12,17-18,26H,13-16H2,1H3,(H,27,28,29). The van der Waals surface area contributed by atoms with Crippen molar-refractivity contribution in [2.45, 2.75) is 16.2 Å². The third-order valence-electron chi connectivity index (χ3n) is 5.42. The minimum absolute atomic E-state index is 0.109. The molecule has 2 N–H and O–H groups in total. The van der Waals surface area contributed by atoms with Gasteiger partial charge in [0.2, 0.25) is 9.84 Å². The molecule has 0 unspecified atom stereocenters. The molecule has 182 valence electrons. The number of nitrogens with zero attached hydrogens (tertiary/aromatic N) is 2. The molecule has 4 aromatic rings. The lowest BCUT2D eigenvalue weighted by Crippen LogP contribution is -2.24. The Kier molecular flexibility index (Phi) is 7.44. The first-order chi connectivity index (χ1) is 16.7. The van der Waals surface area contributed by atoms with E-state index in [0.717, 1.165) is 22.9 Å². The van der Waals surface area contributed by atoms with Gasteiger partial charge in [0, 0.05) is 23.9 Å². The fraction of sp³-hybridized carbons (Fsp3) is 0.200. The van der Waals surface area contributed by atoms with E-state index in [9.17, 15) is 16.8 Å². The highest BCUT2D eigenvalue weighted by molar-refractivity contribution is 7.91. The van der Waals surface area contributed by atoms with Gasteiger partial charge in [-0.25, -0.2) is 26.8 Å². The van der Waals surface area contributed by atoms with Gasteiger partial charge >= 0.3 is 0 Å². The van der Waals surface area contributed by atoms with Crippen LogP contribution < -0.4 is 10.6 Å². The fourth-order valence-corrected chi connectivity index (χ4v) is 5.36. The van der Waals surface area contributed by atoms with Crippen molar-refractivity contribution in [3.63, 3.8) is 0 Å². The van der Waals surface area contributed by atoms with E-state index in [-0.39, 0.29) is 15.5 Å². The van der Waals surface area contributed by atoms with Crippen LogP contribution in [0.1, 0.15) is 5.56 Å². The van der Waals surface area contributed by atoms with E-state index in [2.05, 4.69) is 20.6 Å². The van der Waals surface area contributed by atoms with Crippen molar-refractivity contribution in [2.75, 3.05) is 30.4 Å². The number of nitrogens with one attached hydrogen (secondary N) is 2. The predicted octanol–water partition coefficient (Wildman–Crippen LogP) is 3.38. The number of fused-ring (bicyclic) bond motifs is 1. The smallest absolute Gasteiger partial charge is 0.206 e.